The summed E-state index contributed by atoms with van der Waals surface area (Å²) in [6.07, 6.45) is 1.81. The second kappa shape index (κ2) is 10.1. The quantitative estimate of drug-likeness (QED) is 0.216. The van der Waals surface area contributed by atoms with Crippen LogP contribution in [0.15, 0.2) is 77.4 Å². The van der Waals surface area contributed by atoms with Gasteiger partial charge in [0.05, 0.1) is 36.1 Å². The lowest BCUT2D eigenvalue weighted by atomic mass is 9.96. The molecule has 2 atom stereocenters. The predicted octanol–water partition coefficient (Wildman–Crippen LogP) is 6.52. The Hall–Kier alpha value is -3.49. The van der Waals surface area contributed by atoms with E-state index in [9.17, 15) is 4.79 Å². The molecule has 0 bridgehead atoms. The molecule has 2 aromatic heterocycles. The van der Waals surface area contributed by atoms with Crippen LogP contribution in [-0.2, 0) is 4.74 Å². The Morgan fingerprint density at radius 1 is 1.05 bits per heavy atom. The Balaban J connectivity index is 1.70. The summed E-state index contributed by atoms with van der Waals surface area (Å²) >= 11 is 9.53. The number of aromatic nitrogens is 2. The third kappa shape index (κ3) is 4.45. The fourth-order valence-electron chi connectivity index (χ4n) is 5.14. The van der Waals surface area contributed by atoms with E-state index >= 15 is 0 Å². The molecular weight excluding hydrogens is 548 g/mol. The predicted molar refractivity (Wildman–Crippen MR) is 153 cm³/mol. The van der Waals surface area contributed by atoms with Gasteiger partial charge in [0, 0.05) is 27.7 Å². The highest BCUT2D eigenvalue weighted by Crippen LogP contribution is 2.44. The summed E-state index contributed by atoms with van der Waals surface area (Å²) in [6, 6.07) is 21.6. The molecule has 4 aromatic rings. The van der Waals surface area contributed by atoms with Gasteiger partial charge in [0.15, 0.2) is 5.11 Å². The summed E-state index contributed by atoms with van der Waals surface area (Å²) in [6.45, 7) is 6.20. The van der Waals surface area contributed by atoms with Gasteiger partial charge in [-0.15, -0.1) is 0 Å². The van der Waals surface area contributed by atoms with Gasteiger partial charge in [0.25, 0.3) is 0 Å². The Morgan fingerprint density at radius 3 is 2.51 bits per heavy atom. The van der Waals surface area contributed by atoms with Crippen molar-refractivity contribution < 1.29 is 9.53 Å². The summed E-state index contributed by atoms with van der Waals surface area (Å²) < 4.78 is 8.23. The Bertz CT molecular complexity index is 1500. The molecule has 37 heavy (non-hydrogen) atoms. The molecular formula is C29H27BrN4O2S. The first-order chi connectivity index (χ1) is 17.8. The minimum atomic E-state index is -0.369. The van der Waals surface area contributed by atoms with E-state index in [1.54, 1.807) is 12.3 Å². The van der Waals surface area contributed by atoms with Crippen molar-refractivity contribution in [2.45, 2.75) is 32.9 Å². The molecule has 188 valence electrons. The number of anilines is 1. The number of rotatable bonds is 5. The Morgan fingerprint density at radius 2 is 1.81 bits per heavy atom. The minimum absolute atomic E-state index is 0.159. The number of hydrogen-bond donors (Lipinski definition) is 1. The first-order valence-electron chi connectivity index (χ1n) is 11.9. The van der Waals surface area contributed by atoms with Crippen LogP contribution < -0.4 is 10.2 Å². The summed E-state index contributed by atoms with van der Waals surface area (Å²) in [4.78, 5) is 19.4. The van der Waals surface area contributed by atoms with Crippen molar-refractivity contribution in [3.8, 4) is 5.69 Å². The number of benzene rings is 2. The molecule has 0 amide bonds. The van der Waals surface area contributed by atoms with Crippen LogP contribution in [0.25, 0.3) is 5.69 Å². The number of aryl methyl sites for hydroxylation is 2. The van der Waals surface area contributed by atoms with Crippen LogP contribution in [0.5, 0.6) is 0 Å². The van der Waals surface area contributed by atoms with Gasteiger partial charge in [-0.05, 0) is 92.6 Å². The zero-order valence-electron chi connectivity index (χ0n) is 21.0. The van der Waals surface area contributed by atoms with Gasteiger partial charge in [-0.25, -0.2) is 4.79 Å². The van der Waals surface area contributed by atoms with E-state index in [2.05, 4.69) is 74.7 Å². The van der Waals surface area contributed by atoms with Gasteiger partial charge < -0.3 is 19.5 Å². The molecule has 1 N–H and O–H groups in total. The van der Waals surface area contributed by atoms with Crippen LogP contribution in [0.1, 0.15) is 50.7 Å². The summed E-state index contributed by atoms with van der Waals surface area (Å²) in [5.41, 5.74) is 7.45. The number of methoxy groups -OCH3 is 1. The number of pyridine rings is 1. The van der Waals surface area contributed by atoms with E-state index in [1.807, 2.05) is 42.5 Å². The molecule has 0 radical (unpaired) electrons. The zero-order chi connectivity index (χ0) is 26.3. The molecule has 8 heteroatoms. The number of nitrogens with one attached hydrogen (secondary N) is 1. The van der Waals surface area contributed by atoms with Crippen molar-refractivity contribution in [2.75, 3.05) is 12.0 Å². The molecule has 5 rings (SSSR count). The van der Waals surface area contributed by atoms with E-state index in [0.717, 1.165) is 44.1 Å². The average Bonchev–Trinajstić information content (AvgIpc) is 3.40. The van der Waals surface area contributed by atoms with Crippen molar-refractivity contribution in [1.82, 2.24) is 14.9 Å². The third-order valence-corrected chi connectivity index (χ3v) is 8.06. The maximum atomic E-state index is 12.6. The Kier molecular flexibility index (Phi) is 6.88. The lowest BCUT2D eigenvalue weighted by Gasteiger charge is -2.28. The Labute approximate surface area is 230 Å². The van der Waals surface area contributed by atoms with Crippen LogP contribution in [-0.4, -0.2) is 27.7 Å². The number of thiocarbonyl (C=S) groups is 1. The monoisotopic (exact) mass is 574 g/mol. The topological polar surface area (TPSA) is 59.4 Å². The van der Waals surface area contributed by atoms with E-state index in [-0.39, 0.29) is 18.1 Å². The van der Waals surface area contributed by atoms with Crippen LogP contribution in [0.3, 0.4) is 0 Å². The number of nitrogens with zero attached hydrogens (tertiary/aromatic N) is 3. The van der Waals surface area contributed by atoms with Gasteiger partial charge >= 0.3 is 5.97 Å². The lowest BCUT2D eigenvalue weighted by Crippen LogP contribution is -2.29. The first kappa shape index (κ1) is 25.2. The largest absolute Gasteiger partial charge is 0.465 e. The maximum absolute atomic E-state index is 12.6. The second-order valence-electron chi connectivity index (χ2n) is 9.10. The molecule has 1 aliphatic rings. The molecule has 6 nitrogen and oxygen atoms in total. The fourth-order valence-corrected chi connectivity index (χ4v) is 5.73. The number of hydrogen-bond acceptors (Lipinski definition) is 4. The van der Waals surface area contributed by atoms with Crippen LogP contribution in [0.2, 0.25) is 0 Å². The SMILES string of the molecule is COC(=O)c1ccccc1-n1c(C)cc([C@@H]2[C@@H](c3ccccn3)NC(=S)N2c2ccc(Br)c(C)c2)c1C. The number of carbonyl (C=O) groups excluding carboxylic acids is 1. The molecule has 0 unspecified atom stereocenters. The average molecular weight is 576 g/mol. The van der Waals surface area contributed by atoms with E-state index in [1.165, 1.54) is 7.11 Å². The molecule has 1 fully saturated rings. The number of ether oxygens (including phenoxy) is 1. The molecule has 3 heterocycles. The maximum Gasteiger partial charge on any atom is 0.339 e. The molecule has 0 aliphatic carbocycles. The van der Waals surface area contributed by atoms with E-state index in [4.69, 9.17) is 17.0 Å². The van der Waals surface area contributed by atoms with Crippen molar-refractivity contribution in [1.29, 1.82) is 0 Å². The number of carbonyl (C=O) groups is 1. The minimum Gasteiger partial charge on any atom is -0.465 e. The number of esters is 1. The molecule has 1 saturated heterocycles. The van der Waals surface area contributed by atoms with Crippen LogP contribution >= 0.6 is 28.1 Å². The van der Waals surface area contributed by atoms with E-state index in [0.29, 0.717) is 10.7 Å². The molecule has 0 spiro atoms. The first-order valence-corrected chi connectivity index (χ1v) is 13.1. The zero-order valence-corrected chi connectivity index (χ0v) is 23.4. The van der Waals surface area contributed by atoms with Crippen molar-refractivity contribution in [3.05, 3.63) is 111 Å². The number of halogens is 1. The molecule has 1 aliphatic heterocycles. The van der Waals surface area contributed by atoms with E-state index < -0.39 is 0 Å². The highest BCUT2D eigenvalue weighted by atomic mass is 79.9. The van der Waals surface area contributed by atoms with Gasteiger partial charge in [-0.3, -0.25) is 4.98 Å². The molecule has 2 aromatic carbocycles. The van der Waals surface area contributed by atoms with Crippen LogP contribution in [0, 0.1) is 20.8 Å². The normalized spacial score (nSPS) is 17.1. The molecule has 0 saturated carbocycles. The standard InChI is InChI=1S/C29H27BrN4O2S/c1-17-15-20(12-13-23(17)30)34-27(26(32-29(34)37)24-10-7-8-14-31-24)22-16-18(2)33(19(22)3)25-11-6-5-9-21(25)28(35)36-4/h5-16,26-27H,1-4H3,(H,32,37)/t26-,27-/m1/s1. The van der Waals surface area contributed by atoms with Crippen molar-refractivity contribution >= 4 is 44.9 Å². The highest BCUT2D eigenvalue weighted by molar-refractivity contribution is 9.10. The smallest absolute Gasteiger partial charge is 0.339 e. The lowest BCUT2D eigenvalue weighted by molar-refractivity contribution is 0.0600. The fraction of sp³-hybridized carbons (Fsp3) is 0.207. The van der Waals surface area contributed by atoms with Gasteiger partial charge in [-0.1, -0.05) is 34.1 Å². The third-order valence-electron chi connectivity index (χ3n) is 6.86. The number of para-hydroxylation sites is 1. The summed E-state index contributed by atoms with van der Waals surface area (Å²) in [7, 11) is 1.40. The van der Waals surface area contributed by atoms with Crippen LogP contribution in [0.4, 0.5) is 5.69 Å². The second-order valence-corrected chi connectivity index (χ2v) is 10.3. The van der Waals surface area contributed by atoms with Gasteiger partial charge in [0.1, 0.15) is 0 Å². The van der Waals surface area contributed by atoms with Crippen molar-refractivity contribution in [3.63, 3.8) is 0 Å². The van der Waals surface area contributed by atoms with Gasteiger partial charge in [0.2, 0.25) is 0 Å². The summed E-state index contributed by atoms with van der Waals surface area (Å²) in [5.74, 6) is -0.369. The van der Waals surface area contributed by atoms with Crippen molar-refractivity contribution in [2.24, 2.45) is 0 Å². The van der Waals surface area contributed by atoms with Gasteiger partial charge in [-0.2, -0.15) is 0 Å². The highest BCUT2D eigenvalue weighted by Gasteiger charge is 2.42. The summed E-state index contributed by atoms with van der Waals surface area (Å²) in [5, 5.41) is 4.18.